The third kappa shape index (κ3) is 3.32. The van der Waals surface area contributed by atoms with Gasteiger partial charge in [0.15, 0.2) is 0 Å². The molecule has 1 aromatic heterocycles. The van der Waals surface area contributed by atoms with Crippen LogP contribution in [-0.2, 0) is 11.3 Å². The summed E-state index contributed by atoms with van der Waals surface area (Å²) in [4.78, 5) is 15.6. The van der Waals surface area contributed by atoms with Gasteiger partial charge in [0.2, 0.25) is 5.91 Å². The molecule has 3 N–H and O–H groups in total. The maximum absolute atomic E-state index is 11.6. The fraction of sp³-hybridized carbons (Fsp3) is 0.455. The Morgan fingerprint density at radius 3 is 3.00 bits per heavy atom. The minimum absolute atomic E-state index is 0.000767. The number of nitrogens with two attached hydrogens (primary N) is 1. The maximum Gasteiger partial charge on any atom is 0.228 e. The van der Waals surface area contributed by atoms with Gasteiger partial charge < -0.3 is 11.1 Å². The molecule has 1 rings (SSSR count). The highest BCUT2D eigenvalue weighted by Gasteiger charge is 2.10. The lowest BCUT2D eigenvalue weighted by molar-refractivity contribution is -0.119. The van der Waals surface area contributed by atoms with Crippen LogP contribution < -0.4 is 11.1 Å². The highest BCUT2D eigenvalue weighted by Crippen LogP contribution is 2.09. The van der Waals surface area contributed by atoms with Crippen LogP contribution in [0.25, 0.3) is 0 Å². The number of pyridine rings is 1. The van der Waals surface area contributed by atoms with E-state index in [1.54, 1.807) is 12.3 Å². The standard InChI is InChI=1S/C11H17N3O/c1-3-8(2)11(15)14-10-6-9(7-12)4-5-13-10/h4-6,8H,3,7,12H2,1-2H3,(H,13,14,15)/t8-/m0/s1. The van der Waals surface area contributed by atoms with E-state index in [1.807, 2.05) is 19.9 Å². The van der Waals surface area contributed by atoms with Crippen molar-refractivity contribution in [1.29, 1.82) is 0 Å². The predicted molar refractivity (Wildman–Crippen MR) is 60.2 cm³/mol. The van der Waals surface area contributed by atoms with Crippen LogP contribution in [0.2, 0.25) is 0 Å². The van der Waals surface area contributed by atoms with Crippen molar-refractivity contribution < 1.29 is 4.79 Å². The van der Waals surface area contributed by atoms with Crippen molar-refractivity contribution in [2.75, 3.05) is 5.32 Å². The molecule has 4 heteroatoms. The van der Waals surface area contributed by atoms with Crippen molar-refractivity contribution in [3.8, 4) is 0 Å². The minimum Gasteiger partial charge on any atom is -0.326 e. The van der Waals surface area contributed by atoms with Crippen LogP contribution >= 0.6 is 0 Å². The molecule has 0 fully saturated rings. The summed E-state index contributed by atoms with van der Waals surface area (Å²) in [5.74, 6) is 0.579. The van der Waals surface area contributed by atoms with Crippen molar-refractivity contribution >= 4 is 11.7 Å². The quantitative estimate of drug-likeness (QED) is 0.786. The number of anilines is 1. The summed E-state index contributed by atoms with van der Waals surface area (Å²) in [6.07, 6.45) is 2.47. The van der Waals surface area contributed by atoms with Gasteiger partial charge in [-0.2, -0.15) is 0 Å². The fourth-order valence-electron chi connectivity index (χ4n) is 1.10. The molecule has 0 bridgehead atoms. The van der Waals surface area contributed by atoms with Gasteiger partial charge >= 0.3 is 0 Å². The topological polar surface area (TPSA) is 68.0 Å². The first-order valence-corrected chi connectivity index (χ1v) is 5.13. The van der Waals surface area contributed by atoms with Gasteiger partial charge in [-0.25, -0.2) is 4.98 Å². The molecule has 0 radical (unpaired) electrons. The van der Waals surface area contributed by atoms with E-state index in [1.165, 1.54) is 0 Å². The SMILES string of the molecule is CC[C@H](C)C(=O)Nc1cc(CN)ccn1. The summed E-state index contributed by atoms with van der Waals surface area (Å²) >= 11 is 0. The summed E-state index contributed by atoms with van der Waals surface area (Å²) in [5.41, 5.74) is 6.46. The monoisotopic (exact) mass is 207 g/mol. The largest absolute Gasteiger partial charge is 0.326 e. The van der Waals surface area contributed by atoms with Crippen molar-refractivity contribution in [3.05, 3.63) is 23.9 Å². The van der Waals surface area contributed by atoms with E-state index in [0.29, 0.717) is 12.4 Å². The Hall–Kier alpha value is -1.42. The zero-order valence-corrected chi connectivity index (χ0v) is 9.16. The van der Waals surface area contributed by atoms with Gasteiger partial charge in [0.1, 0.15) is 5.82 Å². The molecule has 0 unspecified atom stereocenters. The van der Waals surface area contributed by atoms with Gasteiger partial charge in [0.05, 0.1) is 0 Å². The van der Waals surface area contributed by atoms with Crippen LogP contribution in [0.4, 0.5) is 5.82 Å². The van der Waals surface area contributed by atoms with E-state index in [-0.39, 0.29) is 11.8 Å². The highest BCUT2D eigenvalue weighted by atomic mass is 16.1. The Balaban J connectivity index is 2.68. The van der Waals surface area contributed by atoms with Crippen LogP contribution in [0.5, 0.6) is 0 Å². The Kier molecular flexibility index (Phi) is 4.24. The third-order valence-corrected chi connectivity index (χ3v) is 2.37. The van der Waals surface area contributed by atoms with Gasteiger partial charge in [-0.1, -0.05) is 13.8 Å². The highest BCUT2D eigenvalue weighted by molar-refractivity contribution is 5.91. The Morgan fingerprint density at radius 1 is 1.67 bits per heavy atom. The van der Waals surface area contributed by atoms with Gasteiger partial charge in [-0.3, -0.25) is 4.79 Å². The summed E-state index contributed by atoms with van der Waals surface area (Å²) in [6, 6.07) is 3.62. The summed E-state index contributed by atoms with van der Waals surface area (Å²) in [5, 5.41) is 2.76. The van der Waals surface area contributed by atoms with Crippen molar-refractivity contribution in [2.45, 2.75) is 26.8 Å². The first-order chi connectivity index (χ1) is 7.17. The molecule has 0 saturated heterocycles. The Bertz CT molecular complexity index is 338. The number of nitrogens with one attached hydrogen (secondary N) is 1. The lowest BCUT2D eigenvalue weighted by Gasteiger charge is -2.09. The summed E-state index contributed by atoms with van der Waals surface area (Å²) in [7, 11) is 0. The molecule has 15 heavy (non-hydrogen) atoms. The number of hydrogen-bond acceptors (Lipinski definition) is 3. The van der Waals surface area contributed by atoms with Crippen molar-refractivity contribution in [2.24, 2.45) is 11.7 Å². The molecule has 0 aliphatic heterocycles. The number of rotatable bonds is 4. The van der Waals surface area contributed by atoms with Crippen LogP contribution in [-0.4, -0.2) is 10.9 Å². The number of amides is 1. The predicted octanol–water partition coefficient (Wildman–Crippen LogP) is 1.52. The molecule has 82 valence electrons. The zero-order valence-electron chi connectivity index (χ0n) is 9.16. The Morgan fingerprint density at radius 2 is 2.40 bits per heavy atom. The van der Waals surface area contributed by atoms with Gasteiger partial charge in [-0.05, 0) is 24.1 Å². The number of carbonyl (C=O) groups excluding carboxylic acids is 1. The molecule has 0 aliphatic carbocycles. The number of carbonyl (C=O) groups is 1. The third-order valence-electron chi connectivity index (χ3n) is 2.37. The van der Waals surface area contributed by atoms with E-state index in [0.717, 1.165) is 12.0 Å². The second kappa shape index (κ2) is 5.46. The van der Waals surface area contributed by atoms with Crippen molar-refractivity contribution in [3.63, 3.8) is 0 Å². The van der Waals surface area contributed by atoms with Crippen LogP contribution in [0.1, 0.15) is 25.8 Å². The lowest BCUT2D eigenvalue weighted by Crippen LogP contribution is -2.20. The fourth-order valence-corrected chi connectivity index (χ4v) is 1.10. The molecule has 1 atom stereocenters. The van der Waals surface area contributed by atoms with Gasteiger partial charge in [0, 0.05) is 18.7 Å². The normalized spacial score (nSPS) is 12.2. The molecule has 1 heterocycles. The molecule has 0 aliphatic rings. The molecule has 4 nitrogen and oxygen atoms in total. The smallest absolute Gasteiger partial charge is 0.228 e. The molecule has 1 aromatic rings. The molecule has 0 saturated carbocycles. The van der Waals surface area contributed by atoms with E-state index in [9.17, 15) is 4.79 Å². The molecule has 0 aromatic carbocycles. The van der Waals surface area contributed by atoms with E-state index in [2.05, 4.69) is 10.3 Å². The number of aromatic nitrogens is 1. The first-order valence-electron chi connectivity index (χ1n) is 5.13. The minimum atomic E-state index is -0.000767. The lowest BCUT2D eigenvalue weighted by atomic mass is 10.1. The second-order valence-corrected chi connectivity index (χ2v) is 3.55. The Labute approximate surface area is 89.9 Å². The molecule has 1 amide bonds. The maximum atomic E-state index is 11.6. The molecular formula is C11H17N3O. The molecule has 0 spiro atoms. The van der Waals surface area contributed by atoms with Crippen LogP contribution in [0.15, 0.2) is 18.3 Å². The van der Waals surface area contributed by atoms with E-state index in [4.69, 9.17) is 5.73 Å². The first kappa shape index (κ1) is 11.7. The van der Waals surface area contributed by atoms with Crippen LogP contribution in [0.3, 0.4) is 0 Å². The second-order valence-electron chi connectivity index (χ2n) is 3.55. The zero-order chi connectivity index (χ0) is 11.3. The van der Waals surface area contributed by atoms with E-state index >= 15 is 0 Å². The van der Waals surface area contributed by atoms with Gasteiger partial charge in [0.25, 0.3) is 0 Å². The average Bonchev–Trinajstić information content (AvgIpc) is 2.28. The van der Waals surface area contributed by atoms with Gasteiger partial charge in [-0.15, -0.1) is 0 Å². The number of hydrogen-bond donors (Lipinski definition) is 2. The summed E-state index contributed by atoms with van der Waals surface area (Å²) < 4.78 is 0. The average molecular weight is 207 g/mol. The molecular weight excluding hydrogens is 190 g/mol. The van der Waals surface area contributed by atoms with E-state index < -0.39 is 0 Å². The number of nitrogens with zero attached hydrogens (tertiary/aromatic N) is 1. The van der Waals surface area contributed by atoms with Crippen LogP contribution in [0, 0.1) is 5.92 Å². The van der Waals surface area contributed by atoms with Crippen molar-refractivity contribution in [1.82, 2.24) is 4.98 Å². The summed E-state index contributed by atoms with van der Waals surface area (Å²) in [6.45, 7) is 4.32.